The smallest absolute Gasteiger partial charge is 0.303 e. The lowest BCUT2D eigenvalue weighted by atomic mass is 9.71. The highest BCUT2D eigenvalue weighted by molar-refractivity contribution is 7.99. The molecule has 1 atom stereocenters. The molecule has 9 heteroatoms. The second-order valence-electron chi connectivity index (χ2n) is 9.67. The van der Waals surface area contributed by atoms with Crippen molar-refractivity contribution in [3.05, 3.63) is 65.1 Å². The molecule has 1 aromatic heterocycles. The van der Waals surface area contributed by atoms with Crippen LogP contribution in [0.2, 0.25) is 5.02 Å². The number of benzene rings is 2. The molecule has 37 heavy (non-hydrogen) atoms. The van der Waals surface area contributed by atoms with Gasteiger partial charge in [0, 0.05) is 34.3 Å². The quantitative estimate of drug-likeness (QED) is 0.277. The molecule has 1 saturated heterocycles. The molecule has 1 aliphatic heterocycles. The molecule has 1 fully saturated rings. The molecular formula is C28H32ClFN2O4S. The van der Waals surface area contributed by atoms with Crippen molar-refractivity contribution < 1.29 is 24.1 Å². The van der Waals surface area contributed by atoms with Gasteiger partial charge in [0.15, 0.2) is 0 Å². The number of pyridine rings is 1. The van der Waals surface area contributed by atoms with Crippen LogP contribution in [-0.4, -0.2) is 58.6 Å². The maximum atomic E-state index is 13.1. The summed E-state index contributed by atoms with van der Waals surface area (Å²) in [4.78, 5) is 19.5. The van der Waals surface area contributed by atoms with Crippen LogP contribution < -0.4 is 4.74 Å². The van der Waals surface area contributed by atoms with Gasteiger partial charge in [0.1, 0.15) is 11.6 Å². The van der Waals surface area contributed by atoms with Crippen LogP contribution in [0.4, 0.5) is 4.39 Å². The minimum atomic E-state index is -0.846. The van der Waals surface area contributed by atoms with Gasteiger partial charge in [-0.1, -0.05) is 11.6 Å². The summed E-state index contributed by atoms with van der Waals surface area (Å²) in [5, 5.41) is 22.0. The van der Waals surface area contributed by atoms with Crippen LogP contribution >= 0.6 is 23.4 Å². The fourth-order valence-corrected chi connectivity index (χ4v) is 6.32. The number of carbonyl (C=O) groups is 1. The van der Waals surface area contributed by atoms with Crippen LogP contribution in [0.1, 0.15) is 43.8 Å². The number of ether oxygens (including phenoxy) is 1. The number of fused-ring (bicyclic) bond motifs is 1. The van der Waals surface area contributed by atoms with E-state index in [-0.39, 0.29) is 17.7 Å². The minimum absolute atomic E-state index is 0.0799. The molecule has 2 N–H and O–H groups in total. The van der Waals surface area contributed by atoms with E-state index < -0.39 is 12.1 Å². The third-order valence-corrected chi connectivity index (χ3v) is 8.58. The zero-order chi connectivity index (χ0) is 26.4. The molecule has 0 amide bonds. The summed E-state index contributed by atoms with van der Waals surface area (Å²) in [7, 11) is 1.58. The second-order valence-corrected chi connectivity index (χ2v) is 11.2. The highest BCUT2D eigenvalue weighted by Crippen LogP contribution is 2.43. The van der Waals surface area contributed by atoms with Gasteiger partial charge in [0.05, 0.1) is 30.2 Å². The van der Waals surface area contributed by atoms with E-state index in [1.165, 1.54) is 12.1 Å². The van der Waals surface area contributed by atoms with Gasteiger partial charge in [0.25, 0.3) is 0 Å². The van der Waals surface area contributed by atoms with Crippen LogP contribution in [0.3, 0.4) is 0 Å². The summed E-state index contributed by atoms with van der Waals surface area (Å²) in [6, 6.07) is 12.0. The Morgan fingerprint density at radius 2 is 1.97 bits per heavy atom. The lowest BCUT2D eigenvalue weighted by Crippen LogP contribution is -2.42. The molecule has 1 aliphatic rings. The molecule has 0 radical (unpaired) electrons. The van der Waals surface area contributed by atoms with Crippen molar-refractivity contribution in [2.75, 3.05) is 32.5 Å². The number of piperidine rings is 1. The lowest BCUT2D eigenvalue weighted by molar-refractivity contribution is -0.141. The molecule has 0 bridgehead atoms. The average molecular weight is 547 g/mol. The highest BCUT2D eigenvalue weighted by atomic mass is 35.5. The molecular weight excluding hydrogens is 515 g/mol. The van der Waals surface area contributed by atoms with Gasteiger partial charge in [-0.3, -0.25) is 9.78 Å². The number of carboxylic acids is 1. The van der Waals surface area contributed by atoms with Crippen molar-refractivity contribution in [3.63, 3.8) is 0 Å². The number of aliphatic hydroxyl groups is 1. The van der Waals surface area contributed by atoms with Crippen molar-refractivity contribution in [2.45, 2.75) is 43.1 Å². The van der Waals surface area contributed by atoms with Gasteiger partial charge in [-0.2, -0.15) is 0 Å². The number of carboxylic acid groups (broad SMARTS) is 1. The molecule has 0 saturated carbocycles. The lowest BCUT2D eigenvalue weighted by Gasteiger charge is -2.41. The van der Waals surface area contributed by atoms with Crippen molar-refractivity contribution in [1.82, 2.24) is 9.88 Å². The first-order chi connectivity index (χ1) is 17.8. The predicted octanol–water partition coefficient (Wildman–Crippen LogP) is 6.20. The van der Waals surface area contributed by atoms with E-state index in [0.29, 0.717) is 34.7 Å². The van der Waals surface area contributed by atoms with Crippen molar-refractivity contribution in [2.24, 2.45) is 5.41 Å². The third kappa shape index (κ3) is 7.13. The molecule has 0 spiro atoms. The number of hydrogen-bond acceptors (Lipinski definition) is 6. The monoisotopic (exact) mass is 546 g/mol. The maximum Gasteiger partial charge on any atom is 0.303 e. The Labute approximate surface area is 225 Å². The average Bonchev–Trinajstić information content (AvgIpc) is 2.89. The van der Waals surface area contributed by atoms with Gasteiger partial charge in [0.2, 0.25) is 0 Å². The number of nitrogens with zero attached hydrogens (tertiary/aromatic N) is 2. The van der Waals surface area contributed by atoms with Crippen LogP contribution in [0, 0.1) is 11.2 Å². The fourth-order valence-electron chi connectivity index (χ4n) is 5.13. The van der Waals surface area contributed by atoms with E-state index in [2.05, 4.69) is 9.88 Å². The van der Waals surface area contributed by atoms with Gasteiger partial charge in [-0.25, -0.2) is 4.39 Å². The van der Waals surface area contributed by atoms with Crippen LogP contribution in [0.25, 0.3) is 10.9 Å². The second kappa shape index (κ2) is 12.4. The number of rotatable bonds is 11. The highest BCUT2D eigenvalue weighted by Gasteiger charge is 2.37. The predicted molar refractivity (Wildman–Crippen MR) is 145 cm³/mol. The largest absolute Gasteiger partial charge is 0.497 e. The number of thioether (sulfide) groups is 1. The van der Waals surface area contributed by atoms with Crippen LogP contribution in [-0.2, 0) is 4.79 Å². The van der Waals surface area contributed by atoms with Crippen molar-refractivity contribution in [3.8, 4) is 5.75 Å². The molecule has 3 aromatic rings. The number of aliphatic hydroxyl groups excluding tert-OH is 1. The number of aliphatic carboxylic acids is 1. The molecule has 1 unspecified atom stereocenters. The molecule has 198 valence electrons. The zero-order valence-electron chi connectivity index (χ0n) is 20.8. The van der Waals surface area contributed by atoms with Crippen molar-refractivity contribution >= 4 is 40.2 Å². The number of methoxy groups -OCH3 is 1. The Balaban J connectivity index is 1.38. The number of likely N-dealkylation sites (tertiary alicyclic amines) is 1. The first-order valence-electron chi connectivity index (χ1n) is 12.4. The minimum Gasteiger partial charge on any atom is -0.497 e. The number of halogens is 2. The summed E-state index contributed by atoms with van der Waals surface area (Å²) >= 11 is 8.16. The van der Waals surface area contributed by atoms with Crippen LogP contribution in [0.15, 0.2) is 53.6 Å². The topological polar surface area (TPSA) is 82.9 Å². The first-order valence-corrected chi connectivity index (χ1v) is 13.8. The van der Waals surface area contributed by atoms with E-state index in [4.69, 9.17) is 16.3 Å². The Bertz CT molecular complexity index is 1220. The first kappa shape index (κ1) is 27.6. The molecule has 6 nitrogen and oxygen atoms in total. The van der Waals surface area contributed by atoms with Crippen LogP contribution in [0.5, 0.6) is 5.75 Å². The van der Waals surface area contributed by atoms with E-state index in [1.807, 2.05) is 18.2 Å². The standard InChI is InChI=1S/C28H32ClFN2O4S/c1-36-20-4-7-24-22(16-20)27(23(29)18-31-24)25(33)8-9-28(17-26(34)35)10-12-32(13-11-28)14-15-37-21-5-2-19(30)3-6-21/h2-7,16,18,25,33H,8-15,17H2,1H3,(H,34,35). The van der Waals surface area contributed by atoms with Gasteiger partial charge in [-0.15, -0.1) is 11.8 Å². The molecule has 2 aromatic carbocycles. The maximum absolute atomic E-state index is 13.1. The Morgan fingerprint density at radius 3 is 2.65 bits per heavy atom. The van der Waals surface area contributed by atoms with E-state index in [1.54, 1.807) is 37.2 Å². The number of hydrogen-bond donors (Lipinski definition) is 2. The summed E-state index contributed by atoms with van der Waals surface area (Å²) in [6.45, 7) is 2.50. The van der Waals surface area contributed by atoms with Gasteiger partial charge in [-0.05, 0) is 86.7 Å². The van der Waals surface area contributed by atoms with Gasteiger partial charge < -0.3 is 19.8 Å². The van der Waals surface area contributed by atoms with E-state index in [0.717, 1.165) is 48.5 Å². The summed E-state index contributed by atoms with van der Waals surface area (Å²) in [5.41, 5.74) is 0.943. The summed E-state index contributed by atoms with van der Waals surface area (Å²) < 4.78 is 18.4. The van der Waals surface area contributed by atoms with Gasteiger partial charge >= 0.3 is 5.97 Å². The Kier molecular flexibility index (Phi) is 9.29. The summed E-state index contributed by atoms with van der Waals surface area (Å²) in [6.07, 6.45) is 3.28. The summed E-state index contributed by atoms with van der Waals surface area (Å²) in [5.74, 6) is 0.483. The molecule has 4 rings (SSSR count). The fraction of sp³-hybridized carbons (Fsp3) is 0.429. The SMILES string of the molecule is COc1ccc2ncc(Cl)c(C(O)CCC3(CC(=O)O)CCN(CCSc4ccc(F)cc4)CC3)c2c1. The van der Waals surface area contributed by atoms with E-state index >= 15 is 0 Å². The number of aromatic nitrogens is 1. The normalized spacial score (nSPS) is 16.5. The molecule has 2 heterocycles. The Morgan fingerprint density at radius 1 is 1.24 bits per heavy atom. The van der Waals surface area contributed by atoms with E-state index in [9.17, 15) is 19.4 Å². The Hall–Kier alpha value is -2.39. The zero-order valence-corrected chi connectivity index (χ0v) is 22.4. The molecule has 0 aliphatic carbocycles. The third-order valence-electron chi connectivity index (χ3n) is 7.28. The van der Waals surface area contributed by atoms with Crippen molar-refractivity contribution in [1.29, 1.82) is 0 Å².